The van der Waals surface area contributed by atoms with Crippen LogP contribution in [0, 0.1) is 47.3 Å². The van der Waals surface area contributed by atoms with Crippen molar-refractivity contribution in [3.05, 3.63) is 36.0 Å². The number of ketones is 1. The van der Waals surface area contributed by atoms with Gasteiger partial charge >= 0.3 is 11.9 Å². The van der Waals surface area contributed by atoms with Crippen LogP contribution >= 0.6 is 0 Å². The van der Waals surface area contributed by atoms with Crippen LogP contribution < -0.4 is 0 Å². The van der Waals surface area contributed by atoms with Crippen LogP contribution in [-0.4, -0.2) is 127 Å². The molecule has 0 aromatic heterocycles. The number of oxime groups is 1. The fourth-order valence-electron chi connectivity index (χ4n) is 10.0. The number of fused-ring (bicyclic) bond motifs is 3. The standard InChI is InChI=1S/C46H72N2O13/c1-8-11-33-17-26(2)16-27(3)18-34(23-49)42-35(24-50)21-30(6)46(58,61-42)43(55)44(56)48-15-10-9-12-37(48)45(57)60-41(29(5)20-32-13-14-38(51)28(4)19-32)31(7)39(52)22-36(33)47-59-25-40(53)54/h8,17,20,27-28,30-35,37-39,41-42,49-52,58H,1,9-16,18-19,21-25H2,2-7H3,(H,53,54)/b26-17+,29-20+,47-36?/t27-,28+,30+,31+,32+,33+,34+,35+,37-,38+,39-,41+,42+,46+/m0/s1. The van der Waals surface area contributed by atoms with E-state index < -0.39 is 96.1 Å². The van der Waals surface area contributed by atoms with Crippen LogP contribution in [0.15, 0.2) is 41.1 Å². The second kappa shape index (κ2) is 22.8. The normalized spacial score (nSPS) is 39.6. The molecule has 1 aliphatic carbocycles. The molecular weight excluding hydrogens is 789 g/mol. The van der Waals surface area contributed by atoms with Gasteiger partial charge in [0.05, 0.1) is 24.0 Å². The molecule has 344 valence electrons. The van der Waals surface area contributed by atoms with Crippen molar-refractivity contribution in [3.8, 4) is 0 Å². The zero-order valence-electron chi connectivity index (χ0n) is 37.0. The summed E-state index contributed by atoms with van der Waals surface area (Å²) in [5.41, 5.74) is 1.93. The zero-order chi connectivity index (χ0) is 45.2. The third kappa shape index (κ3) is 12.8. The number of Topliss-reactive ketones (excluding diaryl/α,β-unsaturated/α-hetero) is 1. The Hall–Kier alpha value is -3.47. The average molecular weight is 861 g/mol. The first kappa shape index (κ1) is 50.2. The van der Waals surface area contributed by atoms with Crippen LogP contribution in [0.1, 0.15) is 112 Å². The number of nitrogens with zero attached hydrogens (tertiary/aromatic N) is 2. The number of ether oxygens (including phenoxy) is 2. The molecule has 3 heterocycles. The Kier molecular flexibility index (Phi) is 18.7. The number of hydrogen-bond donors (Lipinski definition) is 6. The monoisotopic (exact) mass is 861 g/mol. The number of esters is 1. The van der Waals surface area contributed by atoms with Gasteiger partial charge in [0.2, 0.25) is 12.4 Å². The Labute approximate surface area is 360 Å². The first-order chi connectivity index (χ1) is 28.8. The number of cyclic esters (lactones) is 1. The van der Waals surface area contributed by atoms with E-state index in [0.717, 1.165) is 10.5 Å². The van der Waals surface area contributed by atoms with Crippen LogP contribution in [0.2, 0.25) is 0 Å². The Morgan fingerprint density at radius 1 is 1.00 bits per heavy atom. The van der Waals surface area contributed by atoms with Gasteiger partial charge in [0.15, 0.2) is 0 Å². The van der Waals surface area contributed by atoms with E-state index in [0.29, 0.717) is 62.7 Å². The van der Waals surface area contributed by atoms with Crippen LogP contribution in [0.4, 0.5) is 0 Å². The lowest BCUT2D eigenvalue weighted by molar-refractivity contribution is -0.289. The summed E-state index contributed by atoms with van der Waals surface area (Å²) in [5.74, 6) is -10.2. The number of carboxylic acid groups (broad SMARTS) is 1. The highest BCUT2D eigenvalue weighted by molar-refractivity contribution is 6.39. The fourth-order valence-corrected chi connectivity index (χ4v) is 10.0. The fraction of sp³-hybridized carbons (Fsp3) is 0.761. The summed E-state index contributed by atoms with van der Waals surface area (Å²) in [6, 6.07) is -1.19. The lowest BCUT2D eigenvalue weighted by Crippen LogP contribution is -2.63. The van der Waals surface area contributed by atoms with Gasteiger partial charge in [0.25, 0.3) is 11.7 Å². The summed E-state index contributed by atoms with van der Waals surface area (Å²) in [4.78, 5) is 60.8. The number of rotatable bonds is 9. The summed E-state index contributed by atoms with van der Waals surface area (Å²) in [6.45, 7) is 13.6. The van der Waals surface area contributed by atoms with Crippen LogP contribution in [-0.2, 0) is 33.5 Å². The second-order valence-corrected chi connectivity index (χ2v) is 18.6. The van der Waals surface area contributed by atoms with E-state index >= 15 is 0 Å². The van der Waals surface area contributed by atoms with Crippen molar-refractivity contribution < 1.29 is 64.1 Å². The third-order valence-electron chi connectivity index (χ3n) is 13.5. The van der Waals surface area contributed by atoms with Gasteiger partial charge in [-0.05, 0) is 101 Å². The van der Waals surface area contributed by atoms with Gasteiger partial charge in [-0.1, -0.05) is 56.7 Å². The van der Waals surface area contributed by atoms with Crippen molar-refractivity contribution in [2.45, 2.75) is 148 Å². The van der Waals surface area contributed by atoms with Crippen molar-refractivity contribution in [2.75, 3.05) is 26.4 Å². The SMILES string of the molecule is C=CC[C@@H]1/C=C(\C)C[C@H](C)C[C@H](CO)[C@H]2O[C@@](O)(C(=O)C(=O)N3CCCC[C@H]3C(=O)O[C@H](/C(C)=C/[C@@H]3CC[C@@H](O)[C@H](C)C3)[C@H](C)[C@@H](O)CC1=NOCC(=O)O)[C@H](C)C[C@@H]2CO. The number of aliphatic hydroxyl groups is 5. The molecule has 61 heavy (non-hydrogen) atoms. The third-order valence-corrected chi connectivity index (χ3v) is 13.5. The summed E-state index contributed by atoms with van der Waals surface area (Å²) < 4.78 is 12.5. The Bertz CT molecular complexity index is 1630. The second-order valence-electron chi connectivity index (χ2n) is 18.6. The molecule has 15 heteroatoms. The van der Waals surface area contributed by atoms with Crippen molar-refractivity contribution in [1.82, 2.24) is 4.90 Å². The number of hydrogen-bond acceptors (Lipinski definition) is 13. The maximum absolute atomic E-state index is 14.4. The molecule has 4 rings (SSSR count). The van der Waals surface area contributed by atoms with E-state index in [4.69, 9.17) is 14.3 Å². The molecule has 1 saturated carbocycles. The lowest BCUT2D eigenvalue weighted by atomic mass is 9.75. The number of carbonyl (C=O) groups is 4. The maximum Gasteiger partial charge on any atom is 0.344 e. The molecule has 2 bridgehead atoms. The Balaban J connectivity index is 1.84. The number of aliphatic carboxylic acids is 1. The maximum atomic E-state index is 14.4. The molecule has 15 nitrogen and oxygen atoms in total. The minimum atomic E-state index is -2.59. The minimum absolute atomic E-state index is 0.0431. The van der Waals surface area contributed by atoms with Crippen LogP contribution in [0.5, 0.6) is 0 Å². The molecule has 0 radical (unpaired) electrons. The smallest absolute Gasteiger partial charge is 0.344 e. The molecule has 6 N–H and O–H groups in total. The summed E-state index contributed by atoms with van der Waals surface area (Å²) in [7, 11) is 0. The largest absolute Gasteiger partial charge is 0.479 e. The van der Waals surface area contributed by atoms with Crippen LogP contribution in [0.3, 0.4) is 0 Å². The molecule has 0 unspecified atom stereocenters. The van der Waals surface area contributed by atoms with Crippen molar-refractivity contribution in [3.63, 3.8) is 0 Å². The molecule has 0 aromatic carbocycles. The number of aliphatic hydroxyl groups excluding tert-OH is 4. The molecule has 3 aliphatic heterocycles. The van der Waals surface area contributed by atoms with Crippen molar-refractivity contribution in [2.24, 2.45) is 52.5 Å². The average Bonchev–Trinajstić information content (AvgIpc) is 3.22. The molecule has 2 saturated heterocycles. The number of piperidine rings is 1. The lowest BCUT2D eigenvalue weighted by Gasteiger charge is -2.47. The quantitative estimate of drug-likeness (QED) is 0.0821. The topological polar surface area (TPSA) is 233 Å². The molecule has 0 aromatic rings. The van der Waals surface area contributed by atoms with Crippen molar-refractivity contribution >= 4 is 29.3 Å². The van der Waals surface area contributed by atoms with Crippen LogP contribution in [0.25, 0.3) is 0 Å². The molecule has 1 amide bonds. The zero-order valence-corrected chi connectivity index (χ0v) is 37.0. The Morgan fingerprint density at radius 3 is 2.33 bits per heavy atom. The van der Waals surface area contributed by atoms with Gasteiger partial charge in [0.1, 0.15) is 12.1 Å². The first-order valence-electron chi connectivity index (χ1n) is 22.3. The van der Waals surface area contributed by atoms with Crippen molar-refractivity contribution in [1.29, 1.82) is 0 Å². The molecule has 3 fully saturated rings. The highest BCUT2D eigenvalue weighted by atomic mass is 16.6. The van der Waals surface area contributed by atoms with Gasteiger partial charge in [-0.3, -0.25) is 9.59 Å². The van der Waals surface area contributed by atoms with Gasteiger partial charge in [-0.25, -0.2) is 9.59 Å². The molecule has 4 aliphatic rings. The molecule has 0 spiro atoms. The summed E-state index contributed by atoms with van der Waals surface area (Å²) in [6.07, 6.45) is 6.63. The number of amides is 1. The van der Waals surface area contributed by atoms with Gasteiger partial charge in [0, 0.05) is 55.8 Å². The minimum Gasteiger partial charge on any atom is -0.479 e. The highest BCUT2D eigenvalue weighted by Crippen LogP contribution is 2.42. The highest BCUT2D eigenvalue weighted by Gasteiger charge is 2.56. The summed E-state index contributed by atoms with van der Waals surface area (Å²) in [5, 5.41) is 69.2. The number of allylic oxidation sites excluding steroid dienone is 4. The Morgan fingerprint density at radius 2 is 1.69 bits per heavy atom. The van der Waals surface area contributed by atoms with E-state index in [1.165, 1.54) is 0 Å². The summed E-state index contributed by atoms with van der Waals surface area (Å²) >= 11 is 0. The number of carbonyl (C=O) groups excluding carboxylic acids is 3. The van der Waals surface area contributed by atoms with E-state index in [9.17, 15) is 49.8 Å². The number of carboxylic acids is 1. The molecular formula is C46H72N2O13. The van der Waals surface area contributed by atoms with E-state index in [1.807, 2.05) is 39.8 Å². The van der Waals surface area contributed by atoms with Gasteiger partial charge in [-0.2, -0.15) is 0 Å². The first-order valence-corrected chi connectivity index (χ1v) is 22.3. The molecule has 14 atom stereocenters. The van der Waals surface area contributed by atoms with E-state index in [1.54, 1.807) is 19.9 Å². The van der Waals surface area contributed by atoms with Gasteiger partial charge < -0.3 is 49.9 Å². The van der Waals surface area contributed by atoms with E-state index in [2.05, 4.69) is 11.7 Å². The van der Waals surface area contributed by atoms with E-state index in [-0.39, 0.29) is 56.8 Å². The van der Waals surface area contributed by atoms with Gasteiger partial charge in [-0.15, -0.1) is 6.58 Å². The predicted molar refractivity (Wildman–Crippen MR) is 227 cm³/mol. The predicted octanol–water partition coefficient (Wildman–Crippen LogP) is 4.34.